The molecule has 1 fully saturated rings. The molecule has 16 nitrogen and oxygen atoms in total. The number of nitrogens with zero attached hydrogens (tertiary/aromatic N) is 2. The Hall–Kier alpha value is -4.34. The molecule has 5 atom stereocenters. The van der Waals surface area contributed by atoms with E-state index < -0.39 is 90.6 Å². The Morgan fingerprint density at radius 2 is 1.57 bits per heavy atom. The molecule has 220 valence electrons. The number of hydrogen-bond donors (Lipinski definition) is 1. The van der Waals surface area contributed by atoms with E-state index >= 15 is 0 Å². The quantitative estimate of drug-likeness (QED) is 0.241. The Morgan fingerprint density at radius 1 is 0.950 bits per heavy atom. The Balaban J connectivity index is 2.44. The van der Waals surface area contributed by atoms with Crippen molar-refractivity contribution in [3.05, 3.63) is 28.4 Å². The molecule has 1 saturated heterocycles. The maximum atomic E-state index is 13.4. The molecule has 1 aliphatic rings. The second-order valence-corrected chi connectivity index (χ2v) is 8.29. The zero-order chi connectivity index (χ0) is 30.0. The number of aromatic nitrogens is 2. The minimum Gasteiger partial charge on any atom is -0.466 e. The maximum absolute atomic E-state index is 13.4. The summed E-state index contributed by atoms with van der Waals surface area (Å²) in [5, 5.41) is 2.24. The molecule has 1 aliphatic heterocycles. The third kappa shape index (κ3) is 8.59. The molecule has 1 N–H and O–H groups in total. The Morgan fingerprint density at radius 3 is 2.15 bits per heavy atom. The van der Waals surface area contributed by atoms with Gasteiger partial charge in [0.05, 0.1) is 19.6 Å². The third-order valence-electron chi connectivity index (χ3n) is 5.25. The fourth-order valence-corrected chi connectivity index (χ4v) is 3.75. The number of rotatable bonds is 12. The Labute approximate surface area is 228 Å². The maximum Gasteiger partial charge on any atom is 0.329 e. The molecule has 0 unspecified atom stereocenters. The van der Waals surface area contributed by atoms with Gasteiger partial charge in [0.1, 0.15) is 18.8 Å². The highest BCUT2D eigenvalue weighted by Gasteiger charge is 2.51. The van der Waals surface area contributed by atoms with E-state index in [1.54, 1.807) is 6.92 Å². The smallest absolute Gasteiger partial charge is 0.329 e. The van der Waals surface area contributed by atoms with E-state index in [0.29, 0.717) is 0 Å². The minimum atomic E-state index is -1.49. The molecule has 0 spiro atoms. The van der Waals surface area contributed by atoms with Crippen molar-refractivity contribution < 1.29 is 57.2 Å². The predicted octanol–water partition coefficient (Wildman–Crippen LogP) is -0.818. The average Bonchev–Trinajstić information content (AvgIpc) is 3.18. The second kappa shape index (κ2) is 14.7. The van der Waals surface area contributed by atoms with Gasteiger partial charge in [0.2, 0.25) is 0 Å². The second-order valence-electron chi connectivity index (χ2n) is 8.29. The van der Waals surface area contributed by atoms with E-state index in [9.17, 15) is 33.6 Å². The van der Waals surface area contributed by atoms with Crippen LogP contribution in [0.3, 0.4) is 0 Å². The van der Waals surface area contributed by atoms with Gasteiger partial charge in [0.15, 0.2) is 24.1 Å². The van der Waals surface area contributed by atoms with Gasteiger partial charge in [0.25, 0.3) is 11.5 Å². The predicted molar refractivity (Wildman–Crippen MR) is 129 cm³/mol. The number of carbonyl (C=O) groups is 6. The lowest BCUT2D eigenvalue weighted by Gasteiger charge is -2.24. The monoisotopic (exact) mass is 569 g/mol. The van der Waals surface area contributed by atoms with Crippen LogP contribution >= 0.6 is 0 Å². The SMILES string of the molecule is CCOC(=O)C[C@H](NC(=O)c1nccn([C@@H]2O[C@H](COC(C)=O)[C@@H](OC(C)=O)[C@H]2OC(C)=O)c1=O)C(=O)OCC. The van der Waals surface area contributed by atoms with Crippen molar-refractivity contribution in [2.75, 3.05) is 19.8 Å². The molecule has 16 heteroatoms. The average molecular weight is 570 g/mol. The van der Waals surface area contributed by atoms with Crippen LogP contribution in [0.4, 0.5) is 0 Å². The third-order valence-corrected chi connectivity index (χ3v) is 5.25. The van der Waals surface area contributed by atoms with E-state index in [4.69, 9.17) is 28.4 Å². The van der Waals surface area contributed by atoms with Crippen molar-refractivity contribution in [1.29, 1.82) is 0 Å². The molecule has 1 amide bonds. The summed E-state index contributed by atoms with van der Waals surface area (Å²) >= 11 is 0. The van der Waals surface area contributed by atoms with E-state index in [1.165, 1.54) is 6.92 Å². The van der Waals surface area contributed by atoms with Crippen molar-refractivity contribution >= 4 is 35.8 Å². The molecule has 2 rings (SSSR count). The molecular formula is C24H31N3O13. The molecule has 0 aliphatic carbocycles. The minimum absolute atomic E-state index is 0.0327. The largest absolute Gasteiger partial charge is 0.466 e. The highest BCUT2D eigenvalue weighted by Crippen LogP contribution is 2.33. The lowest BCUT2D eigenvalue weighted by Crippen LogP contribution is -2.46. The molecular weight excluding hydrogens is 538 g/mol. The summed E-state index contributed by atoms with van der Waals surface area (Å²) in [5.41, 5.74) is -1.76. The molecule has 0 saturated carbocycles. The van der Waals surface area contributed by atoms with Gasteiger partial charge in [-0.05, 0) is 13.8 Å². The number of esters is 5. The lowest BCUT2D eigenvalue weighted by molar-refractivity contribution is -0.166. The molecule has 1 aromatic heterocycles. The number of nitrogens with one attached hydrogen (secondary N) is 1. The van der Waals surface area contributed by atoms with Gasteiger partial charge in [-0.1, -0.05) is 0 Å². The molecule has 0 aromatic carbocycles. The van der Waals surface area contributed by atoms with Crippen LogP contribution in [0.1, 0.15) is 57.8 Å². The van der Waals surface area contributed by atoms with Gasteiger partial charge < -0.3 is 33.7 Å². The number of amides is 1. The highest BCUT2D eigenvalue weighted by atomic mass is 16.7. The fraction of sp³-hybridized carbons (Fsp3) is 0.583. The Bertz CT molecular complexity index is 1180. The zero-order valence-electron chi connectivity index (χ0n) is 22.6. The fourth-order valence-electron chi connectivity index (χ4n) is 3.75. The van der Waals surface area contributed by atoms with Crippen molar-refractivity contribution in [3.8, 4) is 0 Å². The summed E-state index contributed by atoms with van der Waals surface area (Å²) in [5.74, 6) is -5.11. The first-order valence-corrected chi connectivity index (χ1v) is 12.2. The summed E-state index contributed by atoms with van der Waals surface area (Å²) in [6, 6.07) is -1.49. The van der Waals surface area contributed by atoms with Crippen LogP contribution < -0.4 is 10.9 Å². The summed E-state index contributed by atoms with van der Waals surface area (Å²) in [7, 11) is 0. The van der Waals surface area contributed by atoms with Gasteiger partial charge in [-0.15, -0.1) is 0 Å². The van der Waals surface area contributed by atoms with Gasteiger partial charge in [-0.3, -0.25) is 33.3 Å². The van der Waals surface area contributed by atoms with Gasteiger partial charge in [0, 0.05) is 33.2 Å². The number of carbonyl (C=O) groups excluding carboxylic acids is 6. The van der Waals surface area contributed by atoms with E-state index in [1.807, 2.05) is 0 Å². The first-order chi connectivity index (χ1) is 18.9. The van der Waals surface area contributed by atoms with Gasteiger partial charge in [-0.2, -0.15) is 0 Å². The van der Waals surface area contributed by atoms with Crippen LogP contribution in [-0.4, -0.2) is 89.5 Å². The van der Waals surface area contributed by atoms with Crippen molar-refractivity contribution in [1.82, 2.24) is 14.9 Å². The zero-order valence-corrected chi connectivity index (χ0v) is 22.6. The summed E-state index contributed by atoms with van der Waals surface area (Å²) in [4.78, 5) is 89.4. The first-order valence-electron chi connectivity index (χ1n) is 12.2. The van der Waals surface area contributed by atoms with Gasteiger partial charge >= 0.3 is 29.8 Å². The van der Waals surface area contributed by atoms with Crippen molar-refractivity contribution in [3.63, 3.8) is 0 Å². The highest BCUT2D eigenvalue weighted by molar-refractivity contribution is 5.96. The molecule has 0 radical (unpaired) electrons. The molecule has 40 heavy (non-hydrogen) atoms. The summed E-state index contributed by atoms with van der Waals surface area (Å²) < 4.78 is 31.9. The number of hydrogen-bond acceptors (Lipinski definition) is 14. The molecule has 2 heterocycles. The van der Waals surface area contributed by atoms with Crippen LogP contribution in [0, 0.1) is 0 Å². The Kier molecular flexibility index (Phi) is 11.7. The lowest BCUT2D eigenvalue weighted by atomic mass is 10.1. The van der Waals surface area contributed by atoms with Crippen LogP contribution in [0.5, 0.6) is 0 Å². The van der Waals surface area contributed by atoms with E-state index in [-0.39, 0.29) is 13.2 Å². The van der Waals surface area contributed by atoms with Crippen molar-refractivity contribution in [2.45, 2.75) is 71.6 Å². The number of ether oxygens (including phenoxy) is 6. The van der Waals surface area contributed by atoms with Crippen LogP contribution in [0.25, 0.3) is 0 Å². The van der Waals surface area contributed by atoms with Crippen molar-refractivity contribution in [2.24, 2.45) is 0 Å². The first kappa shape index (κ1) is 31.9. The summed E-state index contributed by atoms with van der Waals surface area (Å²) in [6.07, 6.45) is -3.67. The van der Waals surface area contributed by atoms with Gasteiger partial charge in [-0.25, -0.2) is 9.78 Å². The van der Waals surface area contributed by atoms with E-state index in [0.717, 1.165) is 37.7 Å². The van der Waals surface area contributed by atoms with Crippen LogP contribution in [-0.2, 0) is 52.4 Å². The van der Waals surface area contributed by atoms with Crippen LogP contribution in [0.15, 0.2) is 17.2 Å². The summed E-state index contributed by atoms with van der Waals surface area (Å²) in [6.45, 7) is 5.97. The topological polar surface area (TPSA) is 205 Å². The standard InChI is InChI=1S/C24H31N3O13/c1-6-35-17(31)10-15(24(34)36-7-2)26-21(32)18-22(33)27(9-8-25-18)23-20(39-14(5)30)19(38-13(4)29)16(40-23)11-37-12(3)28/h8-9,15-16,19-20,23H,6-7,10-11H2,1-5H3,(H,26,32)/t15-,16+,19+,20+,23+/m0/s1. The molecule has 0 bridgehead atoms. The normalized spacial score (nSPS) is 20.5. The van der Waals surface area contributed by atoms with E-state index in [2.05, 4.69) is 10.3 Å². The molecule has 1 aromatic rings. The van der Waals surface area contributed by atoms with Crippen LogP contribution in [0.2, 0.25) is 0 Å².